The first-order valence-corrected chi connectivity index (χ1v) is 4.88. The van der Waals surface area contributed by atoms with E-state index in [1.165, 1.54) is 7.11 Å². The van der Waals surface area contributed by atoms with E-state index in [0.717, 1.165) is 19.4 Å². The van der Waals surface area contributed by atoms with Crippen LogP contribution in [0.4, 0.5) is 0 Å². The summed E-state index contributed by atoms with van der Waals surface area (Å²) < 4.78 is 10.1. The number of methoxy groups -OCH3 is 1. The maximum absolute atomic E-state index is 11.3. The number of rotatable bonds is 5. The number of hydrogen-bond donors (Lipinski definition) is 2. The second kappa shape index (κ2) is 5.95. The highest BCUT2D eigenvalue weighted by Gasteiger charge is 2.18. The molecule has 1 saturated heterocycles. The standard InChI is InChI=1S/C9H18N2O3/c1-13-6-8(10)9(12)11-5-7-3-2-4-14-7/h7-8H,2-6,10H2,1H3,(H,11,12). The molecule has 0 aromatic carbocycles. The van der Waals surface area contributed by atoms with Crippen molar-refractivity contribution in [1.82, 2.24) is 5.32 Å². The molecule has 82 valence electrons. The van der Waals surface area contributed by atoms with E-state index in [0.29, 0.717) is 6.54 Å². The fourth-order valence-electron chi connectivity index (χ4n) is 1.41. The number of nitrogens with one attached hydrogen (secondary N) is 1. The van der Waals surface area contributed by atoms with E-state index in [1.807, 2.05) is 0 Å². The Bertz CT molecular complexity index is 181. The third-order valence-corrected chi connectivity index (χ3v) is 2.21. The van der Waals surface area contributed by atoms with Crippen molar-refractivity contribution in [3.63, 3.8) is 0 Å². The van der Waals surface area contributed by atoms with E-state index >= 15 is 0 Å². The van der Waals surface area contributed by atoms with Crippen molar-refractivity contribution in [3.05, 3.63) is 0 Å². The van der Waals surface area contributed by atoms with Crippen molar-refractivity contribution in [3.8, 4) is 0 Å². The average Bonchev–Trinajstić information content (AvgIpc) is 2.67. The SMILES string of the molecule is COCC(N)C(=O)NCC1CCCO1. The summed E-state index contributed by atoms with van der Waals surface area (Å²) in [4.78, 5) is 11.3. The summed E-state index contributed by atoms with van der Waals surface area (Å²) in [7, 11) is 1.52. The van der Waals surface area contributed by atoms with Crippen molar-refractivity contribution in [2.24, 2.45) is 5.73 Å². The molecule has 0 aromatic heterocycles. The summed E-state index contributed by atoms with van der Waals surface area (Å²) >= 11 is 0. The van der Waals surface area contributed by atoms with Crippen molar-refractivity contribution in [1.29, 1.82) is 0 Å². The predicted octanol–water partition coefficient (Wildman–Crippen LogP) is -0.745. The van der Waals surface area contributed by atoms with E-state index in [9.17, 15) is 4.79 Å². The molecule has 0 bridgehead atoms. The van der Waals surface area contributed by atoms with Gasteiger partial charge in [-0.3, -0.25) is 4.79 Å². The molecule has 14 heavy (non-hydrogen) atoms. The molecule has 1 aliphatic heterocycles. The Kier molecular flexibility index (Phi) is 4.86. The van der Waals surface area contributed by atoms with Crippen LogP contribution in [0, 0.1) is 0 Å². The molecule has 2 atom stereocenters. The van der Waals surface area contributed by atoms with Gasteiger partial charge < -0.3 is 20.5 Å². The number of carbonyl (C=O) groups is 1. The van der Waals surface area contributed by atoms with Gasteiger partial charge in [0.15, 0.2) is 0 Å². The summed E-state index contributed by atoms with van der Waals surface area (Å²) in [5.74, 6) is -0.178. The first-order chi connectivity index (χ1) is 6.74. The Labute approximate surface area is 83.9 Å². The van der Waals surface area contributed by atoms with Crippen LogP contribution in [-0.2, 0) is 14.3 Å². The zero-order chi connectivity index (χ0) is 10.4. The van der Waals surface area contributed by atoms with Gasteiger partial charge in [0.25, 0.3) is 0 Å². The van der Waals surface area contributed by atoms with Crippen LogP contribution in [0.25, 0.3) is 0 Å². The summed E-state index contributed by atoms with van der Waals surface area (Å²) in [6.07, 6.45) is 2.25. The van der Waals surface area contributed by atoms with Gasteiger partial charge in [-0.05, 0) is 12.8 Å². The van der Waals surface area contributed by atoms with Gasteiger partial charge in [-0.2, -0.15) is 0 Å². The molecule has 0 radical (unpaired) electrons. The van der Waals surface area contributed by atoms with Gasteiger partial charge in [0, 0.05) is 20.3 Å². The second-order valence-corrected chi connectivity index (χ2v) is 3.44. The number of amides is 1. The quantitative estimate of drug-likeness (QED) is 0.615. The van der Waals surface area contributed by atoms with Gasteiger partial charge >= 0.3 is 0 Å². The minimum atomic E-state index is -0.582. The molecule has 0 spiro atoms. The second-order valence-electron chi connectivity index (χ2n) is 3.44. The van der Waals surface area contributed by atoms with Gasteiger partial charge in [-0.25, -0.2) is 0 Å². The smallest absolute Gasteiger partial charge is 0.239 e. The van der Waals surface area contributed by atoms with Crippen molar-refractivity contribution in [2.45, 2.75) is 25.0 Å². The van der Waals surface area contributed by atoms with Crippen LogP contribution < -0.4 is 11.1 Å². The molecule has 3 N–H and O–H groups in total. The zero-order valence-electron chi connectivity index (χ0n) is 8.49. The molecule has 1 heterocycles. The van der Waals surface area contributed by atoms with Crippen LogP contribution in [0.5, 0.6) is 0 Å². The molecular formula is C9H18N2O3. The monoisotopic (exact) mass is 202 g/mol. The number of ether oxygens (including phenoxy) is 2. The lowest BCUT2D eigenvalue weighted by Gasteiger charge is -2.14. The Morgan fingerprint density at radius 3 is 3.14 bits per heavy atom. The van der Waals surface area contributed by atoms with Gasteiger partial charge in [0.2, 0.25) is 5.91 Å². The Morgan fingerprint density at radius 1 is 1.79 bits per heavy atom. The summed E-state index contributed by atoms with van der Waals surface area (Å²) in [6.45, 7) is 1.60. The number of carbonyl (C=O) groups excluding carboxylic acids is 1. The van der Waals surface area contributed by atoms with Crippen molar-refractivity contribution >= 4 is 5.91 Å². The Balaban J connectivity index is 2.13. The van der Waals surface area contributed by atoms with Crippen LogP contribution in [0.2, 0.25) is 0 Å². The van der Waals surface area contributed by atoms with Crippen LogP contribution in [0.1, 0.15) is 12.8 Å². The fourth-order valence-corrected chi connectivity index (χ4v) is 1.41. The largest absolute Gasteiger partial charge is 0.383 e. The highest BCUT2D eigenvalue weighted by atomic mass is 16.5. The number of hydrogen-bond acceptors (Lipinski definition) is 4. The lowest BCUT2D eigenvalue weighted by Crippen LogP contribution is -2.45. The highest BCUT2D eigenvalue weighted by Crippen LogP contribution is 2.10. The molecule has 0 aliphatic carbocycles. The van der Waals surface area contributed by atoms with Gasteiger partial charge in [0.1, 0.15) is 6.04 Å². The third-order valence-electron chi connectivity index (χ3n) is 2.21. The molecule has 0 aromatic rings. The summed E-state index contributed by atoms with van der Waals surface area (Å²) in [5.41, 5.74) is 5.53. The minimum Gasteiger partial charge on any atom is -0.383 e. The lowest BCUT2D eigenvalue weighted by molar-refractivity contribution is -0.123. The van der Waals surface area contributed by atoms with E-state index in [1.54, 1.807) is 0 Å². The van der Waals surface area contributed by atoms with Crippen LogP contribution in [-0.4, -0.2) is 44.9 Å². The molecule has 1 amide bonds. The third kappa shape index (κ3) is 3.61. The molecule has 5 heteroatoms. The maximum atomic E-state index is 11.3. The molecule has 1 fully saturated rings. The van der Waals surface area contributed by atoms with Crippen molar-refractivity contribution in [2.75, 3.05) is 26.9 Å². The minimum absolute atomic E-state index is 0.161. The topological polar surface area (TPSA) is 73.6 Å². The zero-order valence-corrected chi connectivity index (χ0v) is 8.49. The van der Waals surface area contributed by atoms with Crippen LogP contribution in [0.3, 0.4) is 0 Å². The molecular weight excluding hydrogens is 184 g/mol. The average molecular weight is 202 g/mol. The van der Waals surface area contributed by atoms with Crippen LogP contribution in [0.15, 0.2) is 0 Å². The van der Waals surface area contributed by atoms with Gasteiger partial charge in [-0.15, -0.1) is 0 Å². The first kappa shape index (κ1) is 11.4. The molecule has 1 rings (SSSR count). The normalized spacial score (nSPS) is 23.4. The Morgan fingerprint density at radius 2 is 2.57 bits per heavy atom. The number of nitrogens with two attached hydrogens (primary N) is 1. The van der Waals surface area contributed by atoms with Crippen LogP contribution >= 0.6 is 0 Å². The van der Waals surface area contributed by atoms with E-state index in [4.69, 9.17) is 15.2 Å². The lowest BCUT2D eigenvalue weighted by atomic mass is 10.2. The van der Waals surface area contributed by atoms with Crippen molar-refractivity contribution < 1.29 is 14.3 Å². The summed E-state index contributed by atoms with van der Waals surface area (Å²) in [6, 6.07) is -0.582. The van der Waals surface area contributed by atoms with Gasteiger partial charge in [0.05, 0.1) is 12.7 Å². The molecule has 1 aliphatic rings. The molecule has 0 saturated carbocycles. The summed E-state index contributed by atoms with van der Waals surface area (Å²) in [5, 5.41) is 2.74. The highest BCUT2D eigenvalue weighted by molar-refractivity contribution is 5.81. The van der Waals surface area contributed by atoms with E-state index in [2.05, 4.69) is 5.32 Å². The fraction of sp³-hybridized carbons (Fsp3) is 0.889. The predicted molar refractivity (Wildman–Crippen MR) is 51.8 cm³/mol. The van der Waals surface area contributed by atoms with E-state index < -0.39 is 6.04 Å². The maximum Gasteiger partial charge on any atom is 0.239 e. The van der Waals surface area contributed by atoms with E-state index in [-0.39, 0.29) is 18.6 Å². The molecule has 2 unspecified atom stereocenters. The first-order valence-electron chi connectivity index (χ1n) is 4.88. The molecule has 5 nitrogen and oxygen atoms in total. The Hall–Kier alpha value is -0.650. The van der Waals surface area contributed by atoms with Gasteiger partial charge in [-0.1, -0.05) is 0 Å².